The summed E-state index contributed by atoms with van der Waals surface area (Å²) in [6.07, 6.45) is 0.751. The lowest BCUT2D eigenvalue weighted by atomic mass is 10.1. The Hall–Kier alpha value is -2.16. The monoisotopic (exact) mass is 563 g/mol. The second kappa shape index (κ2) is 9.47. The quantitative estimate of drug-likeness (QED) is 0.324. The van der Waals surface area contributed by atoms with Crippen LogP contribution >= 0.6 is 58.0 Å². The molecular weight excluding hydrogens is 554 g/mol. The van der Waals surface area contributed by atoms with Crippen LogP contribution in [0.4, 0.5) is 20.3 Å². The van der Waals surface area contributed by atoms with Gasteiger partial charge in [-0.05, 0) is 42.0 Å². The van der Waals surface area contributed by atoms with E-state index in [0.717, 1.165) is 6.20 Å². The van der Waals surface area contributed by atoms with Crippen LogP contribution in [0.25, 0.3) is 0 Å². The first kappa shape index (κ1) is 24.9. The molecule has 1 fully saturated rings. The van der Waals surface area contributed by atoms with E-state index in [1.165, 1.54) is 18.2 Å². The largest absolute Gasteiger partial charge is 0.326 e. The Balaban J connectivity index is 1.52. The van der Waals surface area contributed by atoms with Crippen molar-refractivity contribution in [1.82, 2.24) is 4.98 Å². The molecule has 0 spiro atoms. The van der Waals surface area contributed by atoms with Crippen molar-refractivity contribution in [3.8, 4) is 0 Å². The lowest BCUT2D eigenvalue weighted by Gasteiger charge is -2.10. The molecule has 2 atom stereocenters. The van der Waals surface area contributed by atoms with E-state index in [2.05, 4.69) is 15.6 Å². The molecule has 2 aromatic carbocycles. The molecule has 0 saturated heterocycles. The zero-order valence-electron chi connectivity index (χ0n) is 16.7. The number of hydrogen-bond acceptors (Lipinski definition) is 3. The highest BCUT2D eigenvalue weighted by molar-refractivity contribution is 6.53. The Bertz CT molecular complexity index is 1300. The van der Waals surface area contributed by atoms with Crippen LogP contribution in [0.15, 0.2) is 48.7 Å². The minimum atomic E-state index is -1.39. The molecule has 1 aromatic heterocycles. The third-order valence-electron chi connectivity index (χ3n) is 5.10. The van der Waals surface area contributed by atoms with Crippen molar-refractivity contribution in [2.45, 2.75) is 10.3 Å². The number of nitrogens with one attached hydrogen (secondary N) is 2. The standard InChI is InChI=1S/C22H12Cl5F2N3O2/c23-10-3-9(4-11(24)5-10)17-18(22(17,26)27)21(34)31-13-1-2-15(25)14(7-13)20(33)32-19-16(29)6-12(28)8-30-19/h1-8,17-18H,(H,31,34)(H,30,32,33)/t17-,18+/m0/s1. The van der Waals surface area contributed by atoms with Crippen molar-refractivity contribution in [3.63, 3.8) is 0 Å². The van der Waals surface area contributed by atoms with E-state index in [0.29, 0.717) is 21.7 Å². The van der Waals surface area contributed by atoms with E-state index in [4.69, 9.17) is 58.0 Å². The summed E-state index contributed by atoms with van der Waals surface area (Å²) in [5.74, 6) is -5.15. The average molecular weight is 566 g/mol. The van der Waals surface area contributed by atoms with E-state index in [-0.39, 0.29) is 16.3 Å². The number of pyridine rings is 1. The Morgan fingerprint density at radius 2 is 1.62 bits per heavy atom. The number of nitrogens with zero attached hydrogens (tertiary/aromatic N) is 1. The van der Waals surface area contributed by atoms with Crippen molar-refractivity contribution in [3.05, 3.63) is 86.5 Å². The number of benzene rings is 2. The zero-order valence-corrected chi connectivity index (χ0v) is 20.5. The van der Waals surface area contributed by atoms with Crippen LogP contribution in [0, 0.1) is 17.6 Å². The lowest BCUT2D eigenvalue weighted by molar-refractivity contribution is -0.117. The van der Waals surface area contributed by atoms with Crippen LogP contribution in [0.1, 0.15) is 21.8 Å². The molecule has 3 aromatic rings. The van der Waals surface area contributed by atoms with Crippen molar-refractivity contribution in [2.75, 3.05) is 10.6 Å². The average Bonchev–Trinajstić information content (AvgIpc) is 3.33. The molecule has 34 heavy (non-hydrogen) atoms. The first-order valence-corrected chi connectivity index (χ1v) is 11.4. The molecule has 2 N–H and O–H groups in total. The van der Waals surface area contributed by atoms with Gasteiger partial charge in [0.2, 0.25) is 5.91 Å². The molecule has 1 saturated carbocycles. The summed E-state index contributed by atoms with van der Waals surface area (Å²) < 4.78 is 25.5. The predicted molar refractivity (Wildman–Crippen MR) is 129 cm³/mol. The Morgan fingerprint density at radius 1 is 0.941 bits per heavy atom. The van der Waals surface area contributed by atoms with Gasteiger partial charge in [0.05, 0.1) is 22.7 Å². The number of anilines is 2. The number of hydrogen-bond donors (Lipinski definition) is 2. The molecule has 0 radical (unpaired) electrons. The van der Waals surface area contributed by atoms with Gasteiger partial charge in [-0.15, -0.1) is 23.2 Å². The first-order valence-electron chi connectivity index (χ1n) is 9.54. The maximum absolute atomic E-state index is 13.8. The van der Waals surface area contributed by atoms with Crippen LogP contribution in [-0.4, -0.2) is 21.1 Å². The summed E-state index contributed by atoms with van der Waals surface area (Å²) >= 11 is 30.9. The van der Waals surface area contributed by atoms with E-state index in [1.54, 1.807) is 18.2 Å². The lowest BCUT2D eigenvalue weighted by Crippen LogP contribution is -2.18. The van der Waals surface area contributed by atoms with Gasteiger partial charge in [0.1, 0.15) is 10.2 Å². The topological polar surface area (TPSA) is 71.1 Å². The first-order chi connectivity index (χ1) is 16.0. The molecular formula is C22H12Cl5F2N3O2. The smallest absolute Gasteiger partial charge is 0.258 e. The predicted octanol–water partition coefficient (Wildman–Crippen LogP) is 7.10. The summed E-state index contributed by atoms with van der Waals surface area (Å²) in [5.41, 5.74) is 0.737. The van der Waals surface area contributed by atoms with Gasteiger partial charge in [0.15, 0.2) is 11.6 Å². The van der Waals surface area contributed by atoms with E-state index < -0.39 is 45.4 Å². The molecule has 1 heterocycles. The molecule has 4 rings (SSSR count). The third-order valence-corrected chi connectivity index (χ3v) is 6.80. The van der Waals surface area contributed by atoms with Crippen LogP contribution < -0.4 is 10.6 Å². The number of halogens is 7. The molecule has 176 valence electrons. The van der Waals surface area contributed by atoms with E-state index in [9.17, 15) is 18.4 Å². The van der Waals surface area contributed by atoms with Gasteiger partial charge in [-0.1, -0.05) is 34.8 Å². The van der Waals surface area contributed by atoms with Gasteiger partial charge in [0, 0.05) is 27.7 Å². The van der Waals surface area contributed by atoms with Gasteiger partial charge in [-0.3, -0.25) is 9.59 Å². The van der Waals surface area contributed by atoms with Crippen molar-refractivity contribution >= 4 is 81.3 Å². The molecule has 0 aliphatic heterocycles. The fourth-order valence-electron chi connectivity index (χ4n) is 3.50. The molecule has 2 amide bonds. The minimum absolute atomic E-state index is 0.0277. The second-order valence-corrected chi connectivity index (χ2v) is 10.2. The molecule has 1 aliphatic rings. The fraction of sp³-hybridized carbons (Fsp3) is 0.136. The third kappa shape index (κ3) is 5.09. The highest BCUT2D eigenvalue weighted by Crippen LogP contribution is 2.65. The fourth-order valence-corrected chi connectivity index (χ4v) is 5.08. The van der Waals surface area contributed by atoms with Gasteiger partial charge >= 0.3 is 0 Å². The molecule has 5 nitrogen and oxygen atoms in total. The summed E-state index contributed by atoms with van der Waals surface area (Å²) in [6, 6.07) is 9.49. The highest BCUT2D eigenvalue weighted by Gasteiger charge is 2.67. The van der Waals surface area contributed by atoms with Crippen molar-refractivity contribution in [1.29, 1.82) is 0 Å². The van der Waals surface area contributed by atoms with Crippen LogP contribution in [0.5, 0.6) is 0 Å². The number of carbonyl (C=O) groups is 2. The van der Waals surface area contributed by atoms with Crippen LogP contribution in [0.3, 0.4) is 0 Å². The number of rotatable bonds is 5. The van der Waals surface area contributed by atoms with Gasteiger partial charge < -0.3 is 10.6 Å². The van der Waals surface area contributed by atoms with Gasteiger partial charge in [0.25, 0.3) is 5.91 Å². The Morgan fingerprint density at radius 3 is 2.26 bits per heavy atom. The van der Waals surface area contributed by atoms with E-state index in [1.807, 2.05) is 0 Å². The minimum Gasteiger partial charge on any atom is -0.326 e. The maximum Gasteiger partial charge on any atom is 0.258 e. The normalized spacial score (nSPS) is 18.3. The molecule has 0 bridgehead atoms. The molecule has 12 heteroatoms. The SMILES string of the molecule is O=C(Nc1ncc(F)cc1F)c1cc(NC(=O)[C@H]2[C@H](c3cc(Cl)cc(Cl)c3)C2(Cl)Cl)ccc1Cl. The van der Waals surface area contributed by atoms with Crippen LogP contribution in [0.2, 0.25) is 15.1 Å². The summed E-state index contributed by atoms with van der Waals surface area (Å²) in [7, 11) is 0. The highest BCUT2D eigenvalue weighted by atomic mass is 35.5. The summed E-state index contributed by atoms with van der Waals surface area (Å²) in [6.45, 7) is 0. The van der Waals surface area contributed by atoms with E-state index >= 15 is 0 Å². The maximum atomic E-state index is 13.8. The molecule has 1 aliphatic carbocycles. The number of carbonyl (C=O) groups excluding carboxylic acids is 2. The second-order valence-electron chi connectivity index (χ2n) is 7.45. The number of aromatic nitrogens is 1. The number of amides is 2. The summed E-state index contributed by atoms with van der Waals surface area (Å²) in [4.78, 5) is 29.0. The summed E-state index contributed by atoms with van der Waals surface area (Å²) in [5, 5.41) is 5.62. The Kier molecular flexibility index (Phi) is 6.95. The zero-order chi connectivity index (χ0) is 24.8. The van der Waals surface area contributed by atoms with Gasteiger partial charge in [-0.2, -0.15) is 0 Å². The number of alkyl halides is 2. The van der Waals surface area contributed by atoms with Crippen molar-refractivity contribution < 1.29 is 18.4 Å². The van der Waals surface area contributed by atoms with Gasteiger partial charge in [-0.25, -0.2) is 13.8 Å². The van der Waals surface area contributed by atoms with Crippen molar-refractivity contribution in [2.24, 2.45) is 5.92 Å². The van der Waals surface area contributed by atoms with Crippen LogP contribution in [-0.2, 0) is 4.79 Å². The Labute approximate surface area is 217 Å². The molecule has 0 unspecified atom stereocenters.